The van der Waals surface area contributed by atoms with Gasteiger partial charge in [0.25, 0.3) is 0 Å². The molecule has 41 heavy (non-hydrogen) atoms. The van der Waals surface area contributed by atoms with Crippen LogP contribution in [0.15, 0.2) is 61.3 Å². The number of aryl methyl sites for hydroxylation is 1. The van der Waals surface area contributed by atoms with Crippen molar-refractivity contribution in [3.8, 4) is 17.1 Å². The minimum atomic E-state index is -5.08. The molecule has 13 nitrogen and oxygen atoms in total. The second kappa shape index (κ2) is 11.5. The van der Waals surface area contributed by atoms with E-state index in [1.165, 1.54) is 0 Å². The van der Waals surface area contributed by atoms with E-state index in [1.54, 1.807) is 22.0 Å². The first-order valence-corrected chi connectivity index (χ1v) is 12.2. The molecule has 0 amide bonds. The summed E-state index contributed by atoms with van der Waals surface area (Å²) in [6.07, 6.45) is -0.00462. The molecule has 6 rings (SSSR count). The number of fused-ring (bicyclic) bond motifs is 1. The Bertz CT molecular complexity index is 1650. The van der Waals surface area contributed by atoms with Gasteiger partial charge in [-0.3, -0.25) is 0 Å². The number of aromatic nitrogens is 8. The summed E-state index contributed by atoms with van der Waals surface area (Å²) in [6, 6.07) is 13.9. The summed E-state index contributed by atoms with van der Waals surface area (Å²) in [6.45, 7) is 3.01. The minimum absolute atomic E-state index is 0.519. The fourth-order valence-corrected chi connectivity index (χ4v) is 3.89. The number of anilines is 3. The lowest BCUT2D eigenvalue weighted by Gasteiger charge is -2.25. The highest BCUT2D eigenvalue weighted by molar-refractivity contribution is 5.83. The molecule has 1 saturated heterocycles. The van der Waals surface area contributed by atoms with Crippen LogP contribution in [0.5, 0.6) is 0 Å². The monoisotopic (exact) mass is 568 g/mol. The molecule has 5 aromatic rings. The van der Waals surface area contributed by atoms with E-state index in [0.717, 1.165) is 52.7 Å². The number of nitrogens with zero attached hydrogens (tertiary/aromatic N) is 9. The van der Waals surface area contributed by atoms with Crippen LogP contribution in [0.1, 0.15) is 0 Å². The van der Waals surface area contributed by atoms with E-state index in [4.69, 9.17) is 14.6 Å². The third-order valence-corrected chi connectivity index (χ3v) is 5.96. The van der Waals surface area contributed by atoms with E-state index in [2.05, 4.69) is 40.3 Å². The van der Waals surface area contributed by atoms with Crippen molar-refractivity contribution in [2.45, 2.75) is 6.18 Å². The summed E-state index contributed by atoms with van der Waals surface area (Å²) in [4.78, 5) is 28.9. The van der Waals surface area contributed by atoms with Crippen molar-refractivity contribution in [1.82, 2.24) is 39.5 Å². The molecule has 0 aliphatic carbocycles. The Balaban J connectivity index is 0.000000431. The van der Waals surface area contributed by atoms with Crippen LogP contribution in [-0.2, 0) is 16.6 Å². The maximum absolute atomic E-state index is 10.6. The summed E-state index contributed by atoms with van der Waals surface area (Å²) in [5.41, 5.74) is 3.57. The first-order valence-electron chi connectivity index (χ1n) is 12.2. The second-order valence-electron chi connectivity index (χ2n) is 8.74. The Kier molecular flexibility index (Phi) is 7.73. The van der Waals surface area contributed by atoms with Gasteiger partial charge >= 0.3 is 12.1 Å². The molecule has 0 atom stereocenters. The molecular formula is C25H23F3N10O3. The number of aliphatic carboxylic acids is 1. The van der Waals surface area contributed by atoms with Crippen molar-refractivity contribution in [3.05, 3.63) is 61.3 Å². The number of hydrogen-bond donors (Lipinski definition) is 2. The number of alkyl halides is 3. The number of rotatable bonds is 5. The third-order valence-electron chi connectivity index (χ3n) is 5.96. The molecule has 0 saturated carbocycles. The van der Waals surface area contributed by atoms with E-state index in [1.807, 2.05) is 55.7 Å². The normalized spacial score (nSPS) is 13.5. The molecule has 1 aliphatic heterocycles. The molecule has 16 heteroatoms. The van der Waals surface area contributed by atoms with Crippen molar-refractivity contribution in [2.24, 2.45) is 7.05 Å². The Morgan fingerprint density at radius 1 is 1.05 bits per heavy atom. The molecule has 0 bridgehead atoms. The van der Waals surface area contributed by atoms with Crippen LogP contribution in [0, 0.1) is 0 Å². The van der Waals surface area contributed by atoms with Crippen LogP contribution in [0.25, 0.3) is 28.0 Å². The first-order chi connectivity index (χ1) is 19.7. The Morgan fingerprint density at radius 3 is 2.44 bits per heavy atom. The molecule has 2 aromatic carbocycles. The first kappa shape index (κ1) is 27.4. The van der Waals surface area contributed by atoms with Gasteiger partial charge < -0.3 is 20.1 Å². The highest BCUT2D eigenvalue weighted by atomic mass is 19.4. The molecule has 0 radical (unpaired) electrons. The molecule has 1 fully saturated rings. The molecule has 3 aromatic heterocycles. The minimum Gasteiger partial charge on any atom is -0.475 e. The highest BCUT2D eigenvalue weighted by Crippen LogP contribution is 2.23. The molecular weight excluding hydrogens is 545 g/mol. The standard InChI is InChI=1S/C23H22N10O.C2HF3O2/c1-31-21(25-14-27-31)16-2-3-17-13-24-22(29-20(17)12-16)28-18-4-6-19(7-5-18)33-15-26-23(30-33)32-8-10-34-11-9-32;3-2(4,5)1(6)7/h2-7,12-15H,8-11H2,1H3,(H,24,28,29);(H,6,7). The Labute approximate surface area is 230 Å². The van der Waals surface area contributed by atoms with Crippen LogP contribution in [0.2, 0.25) is 0 Å². The lowest BCUT2D eigenvalue weighted by Crippen LogP contribution is -2.37. The number of halogens is 3. The van der Waals surface area contributed by atoms with Crippen LogP contribution >= 0.6 is 0 Å². The summed E-state index contributed by atoms with van der Waals surface area (Å²) >= 11 is 0. The number of hydrogen-bond acceptors (Lipinski definition) is 10. The van der Waals surface area contributed by atoms with Gasteiger partial charge in [-0.25, -0.2) is 29.1 Å². The number of carboxylic acid groups (broad SMARTS) is 1. The second-order valence-corrected chi connectivity index (χ2v) is 8.74. The fraction of sp³-hybridized carbons (Fsp3) is 0.240. The van der Waals surface area contributed by atoms with Crippen LogP contribution in [0.3, 0.4) is 0 Å². The molecule has 4 heterocycles. The van der Waals surface area contributed by atoms with Gasteiger partial charge in [-0.05, 0) is 30.3 Å². The van der Waals surface area contributed by atoms with Gasteiger partial charge in [-0.1, -0.05) is 12.1 Å². The fourth-order valence-electron chi connectivity index (χ4n) is 3.89. The average Bonchev–Trinajstić information content (AvgIpc) is 3.63. The SMILES string of the molecule is Cn1ncnc1-c1ccc2cnc(Nc3ccc(-n4cnc(N5CCOCC5)n4)cc3)nc2c1.O=C(O)C(F)(F)F. The van der Waals surface area contributed by atoms with E-state index < -0.39 is 12.1 Å². The number of benzene rings is 2. The Morgan fingerprint density at radius 2 is 1.78 bits per heavy atom. The van der Waals surface area contributed by atoms with Gasteiger partial charge in [0.05, 0.1) is 24.4 Å². The van der Waals surface area contributed by atoms with E-state index in [0.29, 0.717) is 19.2 Å². The summed E-state index contributed by atoms with van der Waals surface area (Å²) in [5.74, 6) is -0.732. The van der Waals surface area contributed by atoms with Crippen LogP contribution in [0.4, 0.5) is 30.8 Å². The van der Waals surface area contributed by atoms with E-state index in [-0.39, 0.29) is 0 Å². The van der Waals surface area contributed by atoms with Crippen molar-refractivity contribution < 1.29 is 27.8 Å². The van der Waals surface area contributed by atoms with Gasteiger partial charge in [-0.15, -0.1) is 5.10 Å². The predicted molar refractivity (Wildman–Crippen MR) is 141 cm³/mol. The molecule has 2 N–H and O–H groups in total. The zero-order valence-electron chi connectivity index (χ0n) is 21.5. The maximum atomic E-state index is 10.6. The number of carbonyl (C=O) groups is 1. The van der Waals surface area contributed by atoms with Gasteiger partial charge in [-0.2, -0.15) is 23.3 Å². The summed E-state index contributed by atoms with van der Waals surface area (Å²) in [5, 5.41) is 20.1. The zero-order valence-corrected chi connectivity index (χ0v) is 21.5. The maximum Gasteiger partial charge on any atom is 0.490 e. The largest absolute Gasteiger partial charge is 0.490 e. The Hall–Kier alpha value is -5.12. The predicted octanol–water partition coefficient (Wildman–Crippen LogP) is 3.22. The van der Waals surface area contributed by atoms with Gasteiger partial charge in [0, 0.05) is 43.0 Å². The molecule has 1 aliphatic rings. The van der Waals surface area contributed by atoms with Crippen molar-refractivity contribution in [1.29, 1.82) is 0 Å². The van der Waals surface area contributed by atoms with Crippen molar-refractivity contribution >= 4 is 34.5 Å². The summed E-state index contributed by atoms with van der Waals surface area (Å²) < 4.78 is 40.6. The number of nitrogens with one attached hydrogen (secondary N) is 1. The van der Waals surface area contributed by atoms with Gasteiger partial charge in [0.15, 0.2) is 5.82 Å². The average molecular weight is 569 g/mol. The lowest BCUT2D eigenvalue weighted by atomic mass is 10.1. The molecule has 0 spiro atoms. The number of morpholine rings is 1. The molecule has 0 unspecified atom stereocenters. The van der Waals surface area contributed by atoms with Crippen molar-refractivity contribution in [2.75, 3.05) is 36.5 Å². The number of carboxylic acids is 1. The van der Waals surface area contributed by atoms with Gasteiger partial charge in [0.2, 0.25) is 11.9 Å². The summed E-state index contributed by atoms with van der Waals surface area (Å²) in [7, 11) is 1.87. The van der Waals surface area contributed by atoms with Crippen LogP contribution < -0.4 is 10.2 Å². The highest BCUT2D eigenvalue weighted by Gasteiger charge is 2.38. The van der Waals surface area contributed by atoms with Crippen LogP contribution in [-0.4, -0.2) is 83.1 Å². The van der Waals surface area contributed by atoms with Crippen molar-refractivity contribution in [3.63, 3.8) is 0 Å². The smallest absolute Gasteiger partial charge is 0.475 e. The van der Waals surface area contributed by atoms with E-state index >= 15 is 0 Å². The molecule has 212 valence electrons. The zero-order chi connectivity index (χ0) is 29.0. The quantitative estimate of drug-likeness (QED) is 0.322. The number of ether oxygens (including phenoxy) is 1. The van der Waals surface area contributed by atoms with Gasteiger partial charge in [0.1, 0.15) is 12.7 Å². The topological polar surface area (TPSA) is 149 Å². The third kappa shape index (κ3) is 6.55. The van der Waals surface area contributed by atoms with E-state index in [9.17, 15) is 13.2 Å². The lowest BCUT2D eigenvalue weighted by molar-refractivity contribution is -0.192.